The Morgan fingerprint density at radius 3 is 2.71 bits per heavy atom. The summed E-state index contributed by atoms with van der Waals surface area (Å²) < 4.78 is 6.66. The molecule has 2 rings (SSSR count). The minimum absolute atomic E-state index is 0.204. The highest BCUT2D eigenvalue weighted by Crippen LogP contribution is 2.19. The van der Waals surface area contributed by atoms with Crippen LogP contribution in [-0.4, -0.2) is 11.0 Å². The first-order chi connectivity index (χ1) is 8.15. The van der Waals surface area contributed by atoms with Crippen molar-refractivity contribution in [1.82, 2.24) is 4.98 Å². The lowest BCUT2D eigenvalue weighted by molar-refractivity contribution is 0.0476. The molecule has 0 saturated carbocycles. The Bertz CT molecular complexity index is 527. The molecule has 0 unspecified atom stereocenters. The molecule has 3 nitrogen and oxygen atoms in total. The number of halogens is 2. The van der Waals surface area contributed by atoms with Crippen LogP contribution in [0.25, 0.3) is 0 Å². The predicted octanol–water partition coefficient (Wildman–Crippen LogP) is 3.76. The Kier molecular flexibility index (Phi) is 4.36. The second kappa shape index (κ2) is 5.79. The van der Waals surface area contributed by atoms with Crippen molar-refractivity contribution in [3.63, 3.8) is 0 Å². The minimum Gasteiger partial charge on any atom is -0.456 e. The zero-order chi connectivity index (χ0) is 12.3. The Hall–Kier alpha value is -0.660. The number of hydrogen-bond donors (Lipinski definition) is 0. The highest BCUT2D eigenvalue weighted by Gasteiger charge is 2.08. The van der Waals surface area contributed by atoms with Crippen LogP contribution in [0.4, 0.5) is 0 Å². The van der Waals surface area contributed by atoms with E-state index in [4.69, 9.17) is 16.3 Å². The number of aromatic nitrogens is 1. The van der Waals surface area contributed by atoms with Crippen molar-refractivity contribution in [2.45, 2.75) is 6.61 Å². The SMILES string of the molecule is O=C(OCc1cnc(Cl)s1)c1ccc(I)cc1. The highest BCUT2D eigenvalue weighted by molar-refractivity contribution is 14.1. The maximum absolute atomic E-state index is 11.7. The van der Waals surface area contributed by atoms with Gasteiger partial charge in [-0.1, -0.05) is 11.6 Å². The highest BCUT2D eigenvalue weighted by atomic mass is 127. The first-order valence-electron chi connectivity index (χ1n) is 4.68. The molecule has 0 aliphatic carbocycles. The maximum Gasteiger partial charge on any atom is 0.338 e. The molecule has 0 fully saturated rings. The standard InChI is InChI=1S/C11H7ClINO2S/c12-11-14-5-9(17-11)6-16-10(15)7-1-3-8(13)4-2-7/h1-5H,6H2. The van der Waals surface area contributed by atoms with E-state index in [1.165, 1.54) is 11.3 Å². The van der Waals surface area contributed by atoms with Crippen molar-refractivity contribution in [3.05, 3.63) is 48.9 Å². The molecule has 0 aliphatic rings. The van der Waals surface area contributed by atoms with Gasteiger partial charge in [0.1, 0.15) is 6.61 Å². The van der Waals surface area contributed by atoms with E-state index < -0.39 is 0 Å². The van der Waals surface area contributed by atoms with Gasteiger partial charge >= 0.3 is 5.97 Å². The smallest absolute Gasteiger partial charge is 0.338 e. The fraction of sp³-hybridized carbons (Fsp3) is 0.0909. The van der Waals surface area contributed by atoms with Crippen LogP contribution in [0.3, 0.4) is 0 Å². The number of carbonyl (C=O) groups is 1. The molecule has 0 bridgehead atoms. The van der Waals surface area contributed by atoms with E-state index in [9.17, 15) is 4.79 Å². The summed E-state index contributed by atoms with van der Waals surface area (Å²) in [6, 6.07) is 7.20. The van der Waals surface area contributed by atoms with E-state index in [1.807, 2.05) is 12.1 Å². The van der Waals surface area contributed by atoms with Crippen molar-refractivity contribution >= 4 is 51.5 Å². The molecular weight excluding hydrogens is 373 g/mol. The third-order valence-corrected chi connectivity index (χ3v) is 3.76. The summed E-state index contributed by atoms with van der Waals surface area (Å²) in [6.07, 6.45) is 1.61. The van der Waals surface area contributed by atoms with Gasteiger partial charge in [0.05, 0.1) is 10.4 Å². The summed E-state index contributed by atoms with van der Waals surface area (Å²) in [5.41, 5.74) is 0.543. The van der Waals surface area contributed by atoms with Gasteiger partial charge in [-0.25, -0.2) is 9.78 Å². The van der Waals surface area contributed by atoms with Crippen LogP contribution in [0.15, 0.2) is 30.5 Å². The van der Waals surface area contributed by atoms with Crippen LogP contribution in [0.2, 0.25) is 4.47 Å². The van der Waals surface area contributed by atoms with Gasteiger partial charge in [-0.3, -0.25) is 0 Å². The topological polar surface area (TPSA) is 39.2 Å². The number of carbonyl (C=O) groups excluding carboxylic acids is 1. The molecule has 0 saturated heterocycles. The Morgan fingerprint density at radius 2 is 2.12 bits per heavy atom. The van der Waals surface area contributed by atoms with Gasteiger partial charge in [0.25, 0.3) is 0 Å². The molecule has 0 aliphatic heterocycles. The fourth-order valence-electron chi connectivity index (χ4n) is 1.16. The Morgan fingerprint density at radius 1 is 1.41 bits per heavy atom. The first kappa shape index (κ1) is 12.8. The number of ether oxygens (including phenoxy) is 1. The molecular formula is C11H7ClINO2S. The lowest BCUT2D eigenvalue weighted by Gasteiger charge is -2.02. The lowest BCUT2D eigenvalue weighted by atomic mass is 10.2. The van der Waals surface area contributed by atoms with E-state index in [2.05, 4.69) is 27.6 Å². The van der Waals surface area contributed by atoms with Crippen LogP contribution in [-0.2, 0) is 11.3 Å². The second-order valence-electron chi connectivity index (χ2n) is 3.16. The third kappa shape index (κ3) is 3.65. The van der Waals surface area contributed by atoms with Gasteiger partial charge < -0.3 is 4.74 Å². The number of thiazole rings is 1. The predicted molar refractivity (Wildman–Crippen MR) is 75.4 cm³/mol. The van der Waals surface area contributed by atoms with Gasteiger partial charge in [-0.2, -0.15) is 0 Å². The Labute approximate surface area is 121 Å². The summed E-state index contributed by atoms with van der Waals surface area (Å²) in [4.78, 5) is 16.4. The van der Waals surface area contributed by atoms with E-state index in [-0.39, 0.29) is 12.6 Å². The van der Waals surface area contributed by atoms with Crippen molar-refractivity contribution < 1.29 is 9.53 Å². The fourth-order valence-corrected chi connectivity index (χ4v) is 2.41. The number of esters is 1. The number of hydrogen-bond acceptors (Lipinski definition) is 4. The molecule has 17 heavy (non-hydrogen) atoms. The lowest BCUT2D eigenvalue weighted by Crippen LogP contribution is -2.04. The molecule has 0 atom stereocenters. The molecule has 0 radical (unpaired) electrons. The molecule has 88 valence electrons. The number of rotatable bonds is 3. The largest absolute Gasteiger partial charge is 0.456 e. The van der Waals surface area contributed by atoms with Crippen molar-refractivity contribution in [3.8, 4) is 0 Å². The molecule has 0 amide bonds. The molecule has 0 spiro atoms. The van der Waals surface area contributed by atoms with E-state index in [1.54, 1.807) is 18.3 Å². The zero-order valence-electron chi connectivity index (χ0n) is 8.52. The molecule has 1 aromatic carbocycles. The third-order valence-electron chi connectivity index (χ3n) is 1.95. The molecule has 1 heterocycles. The van der Waals surface area contributed by atoms with Crippen LogP contribution in [0.5, 0.6) is 0 Å². The summed E-state index contributed by atoms with van der Waals surface area (Å²) >= 11 is 9.16. The number of nitrogens with zero attached hydrogens (tertiary/aromatic N) is 1. The second-order valence-corrected chi connectivity index (χ2v) is 6.11. The van der Waals surface area contributed by atoms with Crippen LogP contribution in [0.1, 0.15) is 15.2 Å². The average Bonchev–Trinajstić information content (AvgIpc) is 2.73. The van der Waals surface area contributed by atoms with Crippen molar-refractivity contribution in [1.29, 1.82) is 0 Å². The Balaban J connectivity index is 1.95. The van der Waals surface area contributed by atoms with Crippen LogP contribution in [0, 0.1) is 3.57 Å². The first-order valence-corrected chi connectivity index (χ1v) is 6.95. The monoisotopic (exact) mass is 379 g/mol. The summed E-state index contributed by atoms with van der Waals surface area (Å²) in [6.45, 7) is 0.204. The average molecular weight is 380 g/mol. The van der Waals surface area contributed by atoms with E-state index >= 15 is 0 Å². The molecule has 1 aromatic heterocycles. The van der Waals surface area contributed by atoms with Crippen LogP contribution >= 0.6 is 45.5 Å². The van der Waals surface area contributed by atoms with Crippen molar-refractivity contribution in [2.24, 2.45) is 0 Å². The molecule has 6 heteroatoms. The normalized spacial score (nSPS) is 10.2. The minimum atomic E-state index is -0.342. The van der Waals surface area contributed by atoms with Gasteiger partial charge in [-0.15, -0.1) is 11.3 Å². The summed E-state index contributed by atoms with van der Waals surface area (Å²) in [5, 5.41) is 0. The van der Waals surface area contributed by atoms with Gasteiger partial charge in [0, 0.05) is 9.77 Å². The molecule has 2 aromatic rings. The van der Waals surface area contributed by atoms with E-state index in [0.717, 1.165) is 8.45 Å². The zero-order valence-corrected chi connectivity index (χ0v) is 12.3. The van der Waals surface area contributed by atoms with Gasteiger partial charge in [0.15, 0.2) is 4.47 Å². The summed E-state index contributed by atoms with van der Waals surface area (Å²) in [7, 11) is 0. The van der Waals surface area contributed by atoms with Gasteiger partial charge in [-0.05, 0) is 46.9 Å². The quantitative estimate of drug-likeness (QED) is 0.602. The van der Waals surface area contributed by atoms with E-state index in [0.29, 0.717) is 10.0 Å². The molecule has 0 N–H and O–H groups in total. The number of benzene rings is 1. The van der Waals surface area contributed by atoms with Gasteiger partial charge in [0.2, 0.25) is 0 Å². The van der Waals surface area contributed by atoms with Crippen LogP contribution < -0.4 is 0 Å². The summed E-state index contributed by atoms with van der Waals surface area (Å²) in [5.74, 6) is -0.342. The van der Waals surface area contributed by atoms with Crippen molar-refractivity contribution in [2.75, 3.05) is 0 Å². The maximum atomic E-state index is 11.7.